The number of hydrogen-bond acceptors (Lipinski definition) is 0. The normalized spacial score (nSPS) is 13.4. The van der Waals surface area contributed by atoms with Crippen molar-refractivity contribution in [2.75, 3.05) is 6.16 Å². The first-order valence-electron chi connectivity index (χ1n) is 8.45. The van der Waals surface area contributed by atoms with Gasteiger partial charge in [0, 0.05) is 0 Å². The summed E-state index contributed by atoms with van der Waals surface area (Å²) in [6.07, 6.45) is 1.17. The van der Waals surface area contributed by atoms with Gasteiger partial charge in [-0.3, -0.25) is 0 Å². The summed E-state index contributed by atoms with van der Waals surface area (Å²) in [6, 6.07) is 33.4. The molecular formula is C22H24IP. The molecule has 3 aromatic carbocycles. The fraction of sp³-hybridized carbons (Fsp3) is 0.182. The predicted molar refractivity (Wildman–Crippen MR) is 119 cm³/mol. The van der Waals surface area contributed by atoms with Gasteiger partial charge in [0.1, 0.15) is 0 Å². The van der Waals surface area contributed by atoms with Crippen LogP contribution in [0.5, 0.6) is 0 Å². The van der Waals surface area contributed by atoms with E-state index in [0.717, 1.165) is 0 Å². The molecule has 0 atom stereocenters. The molecule has 0 aromatic heterocycles. The van der Waals surface area contributed by atoms with E-state index in [4.69, 9.17) is 0 Å². The van der Waals surface area contributed by atoms with Crippen molar-refractivity contribution < 1.29 is 0 Å². The molecule has 0 bridgehead atoms. The van der Waals surface area contributed by atoms with Crippen LogP contribution in [0.4, 0.5) is 0 Å². The number of rotatable bonds is 5. The van der Waals surface area contributed by atoms with Gasteiger partial charge in [0.15, 0.2) is 0 Å². The van der Waals surface area contributed by atoms with E-state index in [1.165, 1.54) is 22.1 Å². The quantitative estimate of drug-likeness (QED) is 0.358. The van der Waals surface area contributed by atoms with E-state index < -0.39 is 4.25 Å². The van der Waals surface area contributed by atoms with Gasteiger partial charge in [-0.25, -0.2) is 0 Å². The fourth-order valence-corrected chi connectivity index (χ4v) is 14.2. The molecule has 0 radical (unpaired) electrons. The number of halogens is 1. The van der Waals surface area contributed by atoms with Crippen LogP contribution in [0.1, 0.15) is 13.8 Å². The van der Waals surface area contributed by atoms with E-state index in [9.17, 15) is 0 Å². The van der Waals surface area contributed by atoms with Crippen molar-refractivity contribution in [3.05, 3.63) is 91.0 Å². The number of hydrogen-bond donors (Lipinski definition) is 0. The Kier molecular flexibility index (Phi) is 5.13. The van der Waals surface area contributed by atoms with E-state index in [1.807, 2.05) is 0 Å². The molecule has 0 aliphatic carbocycles. The predicted octanol–water partition coefficient (Wildman–Crippen LogP) is 5.52. The zero-order chi connectivity index (χ0) is 17.1. The molecule has 0 amide bonds. The van der Waals surface area contributed by atoms with Crippen molar-refractivity contribution >= 4 is 42.2 Å². The zero-order valence-electron chi connectivity index (χ0n) is 14.3. The Hall–Kier alpha value is -1.18. The molecule has 0 saturated heterocycles. The second-order valence-electron chi connectivity index (χ2n) is 6.77. The first-order valence-corrected chi connectivity index (χ1v) is 13.7. The van der Waals surface area contributed by atoms with Crippen LogP contribution in [0, 0.1) is 5.92 Å². The van der Waals surface area contributed by atoms with Gasteiger partial charge in [-0.2, -0.15) is 0 Å². The molecule has 24 heavy (non-hydrogen) atoms. The molecule has 0 heterocycles. The van der Waals surface area contributed by atoms with Gasteiger partial charge in [0.2, 0.25) is 0 Å². The summed E-state index contributed by atoms with van der Waals surface area (Å²) >= 11 is 2.85. The van der Waals surface area contributed by atoms with E-state index in [0.29, 0.717) is 5.92 Å². The molecular weight excluding hydrogens is 422 g/mol. The summed E-state index contributed by atoms with van der Waals surface area (Å²) in [5, 5.41) is 4.40. The molecule has 0 N–H and O–H groups in total. The van der Waals surface area contributed by atoms with Crippen LogP contribution in [0.3, 0.4) is 0 Å². The molecule has 0 fully saturated rings. The molecule has 0 aliphatic heterocycles. The van der Waals surface area contributed by atoms with Gasteiger partial charge >= 0.3 is 159 Å². The second-order valence-corrected chi connectivity index (χ2v) is 17.4. The van der Waals surface area contributed by atoms with Gasteiger partial charge < -0.3 is 0 Å². The standard InChI is InChI=1S/C22H24IP/c1-19(2)18-24(23,20-12-6-3-7-13-20,21-14-8-4-9-15-21)22-16-10-5-11-17-22/h3-17,19H,18H2,1-2H3. The molecule has 0 spiro atoms. The molecule has 3 rings (SSSR count). The van der Waals surface area contributed by atoms with Crippen LogP contribution in [-0.4, -0.2) is 6.16 Å². The SMILES string of the molecule is CC(C)CP(I)(c1ccccc1)(c1ccccc1)c1ccccc1. The summed E-state index contributed by atoms with van der Waals surface area (Å²) in [5.41, 5.74) is 0. The van der Waals surface area contributed by atoms with Gasteiger partial charge in [-0.1, -0.05) is 0 Å². The Morgan fingerprint density at radius 2 is 0.917 bits per heavy atom. The third-order valence-corrected chi connectivity index (χ3v) is 16.3. The van der Waals surface area contributed by atoms with E-state index in [1.54, 1.807) is 0 Å². The van der Waals surface area contributed by atoms with E-state index >= 15 is 0 Å². The van der Waals surface area contributed by atoms with Crippen molar-refractivity contribution in [3.63, 3.8) is 0 Å². The number of benzene rings is 3. The Balaban J connectivity index is 2.42. The van der Waals surface area contributed by atoms with E-state index in [-0.39, 0.29) is 0 Å². The van der Waals surface area contributed by atoms with Crippen LogP contribution in [0.15, 0.2) is 91.0 Å². The van der Waals surface area contributed by atoms with Crippen molar-refractivity contribution in [3.8, 4) is 0 Å². The topological polar surface area (TPSA) is 0 Å². The van der Waals surface area contributed by atoms with Crippen molar-refractivity contribution in [1.29, 1.82) is 0 Å². The molecule has 3 aromatic rings. The summed E-state index contributed by atoms with van der Waals surface area (Å²) in [5.74, 6) is 0.611. The average Bonchev–Trinajstić information content (AvgIpc) is 2.63. The first-order chi connectivity index (χ1) is 11.6. The third kappa shape index (κ3) is 2.93. The molecule has 0 aliphatic rings. The fourth-order valence-electron chi connectivity index (χ4n) is 3.67. The first kappa shape index (κ1) is 17.6. The van der Waals surface area contributed by atoms with Gasteiger partial charge in [0.05, 0.1) is 0 Å². The Morgan fingerprint density at radius 3 is 1.17 bits per heavy atom. The summed E-state index contributed by atoms with van der Waals surface area (Å²) in [7, 11) is 0. The maximum absolute atomic E-state index is 2.85. The molecule has 0 unspecified atom stereocenters. The average molecular weight is 446 g/mol. The van der Waals surface area contributed by atoms with Crippen molar-refractivity contribution in [2.24, 2.45) is 5.92 Å². The molecule has 0 saturated carbocycles. The van der Waals surface area contributed by atoms with Crippen LogP contribution >= 0.6 is 26.3 Å². The van der Waals surface area contributed by atoms with Crippen LogP contribution in [-0.2, 0) is 0 Å². The molecule has 124 valence electrons. The molecule has 2 heteroatoms. The zero-order valence-corrected chi connectivity index (χ0v) is 17.3. The van der Waals surface area contributed by atoms with Crippen molar-refractivity contribution in [1.82, 2.24) is 0 Å². The minimum atomic E-state index is -2.53. The van der Waals surface area contributed by atoms with Crippen molar-refractivity contribution in [2.45, 2.75) is 13.8 Å². The maximum atomic E-state index is 2.85. The summed E-state index contributed by atoms with van der Waals surface area (Å²) < 4.78 is -2.53. The Bertz CT molecular complexity index is 683. The van der Waals surface area contributed by atoms with Gasteiger partial charge in [0.25, 0.3) is 0 Å². The van der Waals surface area contributed by atoms with Gasteiger partial charge in [-0.05, 0) is 0 Å². The Morgan fingerprint density at radius 1 is 0.625 bits per heavy atom. The second kappa shape index (κ2) is 6.98. The van der Waals surface area contributed by atoms with Crippen LogP contribution in [0.25, 0.3) is 0 Å². The molecule has 0 nitrogen and oxygen atoms in total. The van der Waals surface area contributed by atoms with Crippen LogP contribution in [0.2, 0.25) is 0 Å². The van der Waals surface area contributed by atoms with Gasteiger partial charge in [-0.15, -0.1) is 0 Å². The monoisotopic (exact) mass is 446 g/mol. The summed E-state index contributed by atoms with van der Waals surface area (Å²) in [6.45, 7) is 4.68. The summed E-state index contributed by atoms with van der Waals surface area (Å²) in [4.78, 5) is 0. The van der Waals surface area contributed by atoms with Crippen LogP contribution < -0.4 is 15.9 Å². The minimum absolute atomic E-state index is 0.611. The van der Waals surface area contributed by atoms with E-state index in [2.05, 4.69) is 127 Å². The Labute approximate surface area is 158 Å². The third-order valence-electron chi connectivity index (χ3n) is 4.59.